The van der Waals surface area contributed by atoms with Crippen LogP contribution in [-0.4, -0.2) is 34.7 Å². The van der Waals surface area contributed by atoms with E-state index >= 15 is 0 Å². The van der Waals surface area contributed by atoms with Crippen LogP contribution < -0.4 is 15.4 Å². The second kappa shape index (κ2) is 8.85. The van der Waals surface area contributed by atoms with Crippen molar-refractivity contribution in [2.24, 2.45) is 0 Å². The highest BCUT2D eigenvalue weighted by molar-refractivity contribution is 5.89. The molecule has 1 heterocycles. The quantitative estimate of drug-likeness (QED) is 0.547. The molecule has 3 rings (SSSR count). The monoisotopic (exact) mass is 378 g/mol. The van der Waals surface area contributed by atoms with Crippen molar-refractivity contribution in [3.63, 3.8) is 0 Å². The number of aromatic carboxylic acids is 1. The van der Waals surface area contributed by atoms with Gasteiger partial charge in [0.05, 0.1) is 12.7 Å². The third-order valence-corrected chi connectivity index (χ3v) is 4.07. The molecule has 28 heavy (non-hydrogen) atoms. The van der Waals surface area contributed by atoms with E-state index in [1.807, 2.05) is 25.1 Å². The summed E-state index contributed by atoms with van der Waals surface area (Å²) in [5.41, 5.74) is 2.04. The zero-order chi connectivity index (χ0) is 19.9. The van der Waals surface area contributed by atoms with Gasteiger partial charge in [0.15, 0.2) is 0 Å². The Hall–Kier alpha value is -3.61. The van der Waals surface area contributed by atoms with Gasteiger partial charge in [-0.2, -0.15) is 0 Å². The van der Waals surface area contributed by atoms with Crippen molar-refractivity contribution in [1.82, 2.24) is 9.97 Å². The fourth-order valence-electron chi connectivity index (χ4n) is 2.76. The number of ether oxygens (including phenoxy) is 1. The van der Waals surface area contributed by atoms with Gasteiger partial charge in [0, 0.05) is 18.3 Å². The van der Waals surface area contributed by atoms with Crippen molar-refractivity contribution in [3.05, 3.63) is 71.5 Å². The summed E-state index contributed by atoms with van der Waals surface area (Å²) < 4.78 is 5.24. The number of carboxylic acid groups (broad SMARTS) is 1. The minimum atomic E-state index is -0.970. The molecular weight excluding hydrogens is 356 g/mol. The van der Waals surface area contributed by atoms with E-state index in [1.165, 1.54) is 5.56 Å². The summed E-state index contributed by atoms with van der Waals surface area (Å²) in [5.74, 6) is 1.78. The first kappa shape index (κ1) is 19.2. The summed E-state index contributed by atoms with van der Waals surface area (Å²) in [6, 6.07) is 16.3. The van der Waals surface area contributed by atoms with Crippen molar-refractivity contribution < 1.29 is 14.6 Å². The first-order valence-corrected chi connectivity index (χ1v) is 8.86. The average Bonchev–Trinajstić information content (AvgIpc) is 2.68. The number of benzene rings is 2. The molecule has 0 radical (unpaired) electrons. The molecule has 7 nitrogen and oxygen atoms in total. The van der Waals surface area contributed by atoms with Gasteiger partial charge in [0.2, 0.25) is 0 Å². The molecule has 3 N–H and O–H groups in total. The molecule has 0 saturated heterocycles. The van der Waals surface area contributed by atoms with Gasteiger partial charge in [-0.3, -0.25) is 0 Å². The lowest BCUT2D eigenvalue weighted by atomic mass is 10.1. The predicted molar refractivity (Wildman–Crippen MR) is 109 cm³/mol. The van der Waals surface area contributed by atoms with Crippen LogP contribution in [0.15, 0.2) is 54.6 Å². The fourth-order valence-corrected chi connectivity index (χ4v) is 2.76. The molecule has 0 aliphatic carbocycles. The van der Waals surface area contributed by atoms with E-state index in [0.29, 0.717) is 29.7 Å². The molecular formula is C21H22N4O3. The van der Waals surface area contributed by atoms with Gasteiger partial charge < -0.3 is 20.5 Å². The Bertz CT molecular complexity index is 975. The van der Waals surface area contributed by atoms with Crippen LogP contribution in [-0.2, 0) is 6.42 Å². The molecule has 0 unspecified atom stereocenters. The van der Waals surface area contributed by atoms with E-state index in [2.05, 4.69) is 26.7 Å². The SMILES string of the molecule is COc1cccc(CCNc2cc(Nc3cccc(C(=O)O)c3)nc(C)n2)c1. The number of carboxylic acids is 1. The molecule has 0 atom stereocenters. The summed E-state index contributed by atoms with van der Waals surface area (Å²) in [6.07, 6.45) is 0.823. The van der Waals surface area contributed by atoms with Gasteiger partial charge >= 0.3 is 5.97 Å². The van der Waals surface area contributed by atoms with E-state index in [1.54, 1.807) is 37.4 Å². The molecule has 3 aromatic rings. The van der Waals surface area contributed by atoms with Crippen molar-refractivity contribution in [2.75, 3.05) is 24.3 Å². The van der Waals surface area contributed by atoms with Crippen LogP contribution in [0.25, 0.3) is 0 Å². The lowest BCUT2D eigenvalue weighted by molar-refractivity contribution is 0.0697. The van der Waals surface area contributed by atoms with E-state index in [0.717, 1.165) is 12.2 Å². The highest BCUT2D eigenvalue weighted by atomic mass is 16.5. The Morgan fingerprint density at radius 3 is 2.64 bits per heavy atom. The normalized spacial score (nSPS) is 10.4. The number of methoxy groups -OCH3 is 1. The van der Waals surface area contributed by atoms with E-state index in [9.17, 15) is 4.79 Å². The van der Waals surface area contributed by atoms with Crippen molar-refractivity contribution >= 4 is 23.3 Å². The second-order valence-corrected chi connectivity index (χ2v) is 6.22. The van der Waals surface area contributed by atoms with Crippen LogP contribution >= 0.6 is 0 Å². The number of hydrogen-bond acceptors (Lipinski definition) is 6. The minimum absolute atomic E-state index is 0.215. The molecule has 0 amide bonds. The molecule has 0 saturated carbocycles. The number of nitrogens with one attached hydrogen (secondary N) is 2. The fraction of sp³-hybridized carbons (Fsp3) is 0.190. The number of anilines is 3. The topological polar surface area (TPSA) is 96.4 Å². The maximum absolute atomic E-state index is 11.1. The zero-order valence-corrected chi connectivity index (χ0v) is 15.8. The Kier molecular flexibility index (Phi) is 6.06. The van der Waals surface area contributed by atoms with Crippen LogP contribution in [0.1, 0.15) is 21.7 Å². The van der Waals surface area contributed by atoms with Gasteiger partial charge in [0.25, 0.3) is 0 Å². The highest BCUT2D eigenvalue weighted by Crippen LogP contribution is 2.19. The molecule has 1 aromatic heterocycles. The number of carbonyl (C=O) groups is 1. The molecule has 0 aliphatic heterocycles. The summed E-state index contributed by atoms with van der Waals surface area (Å²) in [4.78, 5) is 19.9. The third kappa shape index (κ3) is 5.20. The van der Waals surface area contributed by atoms with Crippen molar-refractivity contribution in [2.45, 2.75) is 13.3 Å². The van der Waals surface area contributed by atoms with E-state index < -0.39 is 5.97 Å². The van der Waals surface area contributed by atoms with E-state index in [4.69, 9.17) is 9.84 Å². The van der Waals surface area contributed by atoms with Crippen LogP contribution in [0, 0.1) is 6.92 Å². The van der Waals surface area contributed by atoms with Crippen molar-refractivity contribution in [1.29, 1.82) is 0 Å². The van der Waals surface area contributed by atoms with Gasteiger partial charge in [-0.1, -0.05) is 18.2 Å². The van der Waals surface area contributed by atoms with Crippen LogP contribution in [0.4, 0.5) is 17.3 Å². The summed E-state index contributed by atoms with van der Waals surface area (Å²) in [6.45, 7) is 2.52. The van der Waals surface area contributed by atoms with Gasteiger partial charge in [-0.15, -0.1) is 0 Å². The second-order valence-electron chi connectivity index (χ2n) is 6.22. The Balaban J connectivity index is 1.66. The molecule has 0 spiro atoms. The first-order valence-electron chi connectivity index (χ1n) is 8.86. The molecule has 2 aromatic carbocycles. The number of rotatable bonds is 8. The zero-order valence-electron chi connectivity index (χ0n) is 15.8. The Morgan fingerprint density at radius 1 is 1.07 bits per heavy atom. The number of aryl methyl sites for hydroxylation is 1. The largest absolute Gasteiger partial charge is 0.497 e. The standard InChI is InChI=1S/C21H22N4O3/c1-14-23-19(22-10-9-15-5-3-8-18(11-15)28-2)13-20(24-14)25-17-7-4-6-16(12-17)21(26)27/h3-8,11-13H,9-10H2,1-2H3,(H,26,27)(H2,22,23,24,25). The first-order chi connectivity index (χ1) is 13.5. The molecule has 7 heteroatoms. The summed E-state index contributed by atoms with van der Waals surface area (Å²) >= 11 is 0. The average molecular weight is 378 g/mol. The maximum atomic E-state index is 11.1. The van der Waals surface area contributed by atoms with E-state index in [-0.39, 0.29) is 5.56 Å². The Morgan fingerprint density at radius 2 is 1.86 bits per heavy atom. The van der Waals surface area contributed by atoms with Crippen LogP contribution in [0.5, 0.6) is 5.75 Å². The van der Waals surface area contributed by atoms with Crippen molar-refractivity contribution in [3.8, 4) is 5.75 Å². The molecule has 144 valence electrons. The van der Waals surface area contributed by atoms with Gasteiger partial charge in [0.1, 0.15) is 23.2 Å². The predicted octanol–water partition coefficient (Wildman–Crippen LogP) is 3.89. The van der Waals surface area contributed by atoms with Gasteiger partial charge in [-0.25, -0.2) is 14.8 Å². The molecule has 0 aliphatic rings. The van der Waals surface area contributed by atoms with Gasteiger partial charge in [-0.05, 0) is 49.2 Å². The molecule has 0 fully saturated rings. The number of nitrogens with zero attached hydrogens (tertiary/aromatic N) is 2. The third-order valence-electron chi connectivity index (χ3n) is 4.07. The summed E-state index contributed by atoms with van der Waals surface area (Å²) in [5, 5.41) is 15.6. The lowest BCUT2D eigenvalue weighted by Crippen LogP contribution is -2.08. The number of hydrogen-bond donors (Lipinski definition) is 3. The smallest absolute Gasteiger partial charge is 0.335 e. The summed E-state index contributed by atoms with van der Waals surface area (Å²) in [7, 11) is 1.65. The lowest BCUT2D eigenvalue weighted by Gasteiger charge is -2.11. The van der Waals surface area contributed by atoms with Crippen LogP contribution in [0.2, 0.25) is 0 Å². The maximum Gasteiger partial charge on any atom is 0.335 e. The minimum Gasteiger partial charge on any atom is -0.497 e. The molecule has 0 bridgehead atoms. The number of aromatic nitrogens is 2. The van der Waals surface area contributed by atoms with Crippen LogP contribution in [0.3, 0.4) is 0 Å². The Labute approximate surface area is 163 Å². The highest BCUT2D eigenvalue weighted by Gasteiger charge is 2.06.